The Balaban J connectivity index is 2.31. The van der Waals surface area contributed by atoms with Crippen LogP contribution in [0.5, 0.6) is 0 Å². The third-order valence-corrected chi connectivity index (χ3v) is 2.56. The Kier molecular flexibility index (Phi) is 4.37. The predicted octanol–water partition coefficient (Wildman–Crippen LogP) is 1.81. The Morgan fingerprint density at radius 1 is 1.32 bits per heavy atom. The van der Waals surface area contributed by atoms with Crippen molar-refractivity contribution in [3.05, 3.63) is 0 Å². The van der Waals surface area contributed by atoms with Crippen molar-refractivity contribution in [3.63, 3.8) is 0 Å². The van der Waals surface area contributed by atoms with E-state index in [0.717, 1.165) is 0 Å². The van der Waals surface area contributed by atoms with Gasteiger partial charge in [0.15, 0.2) is 0 Å². The fourth-order valence-corrected chi connectivity index (χ4v) is 1.64. The average Bonchev–Trinajstić information content (AvgIpc) is 2.10. The molecule has 1 aliphatic rings. The van der Waals surface area contributed by atoms with E-state index in [1.165, 1.54) is 6.92 Å². The maximum atomic E-state index is 12.6. The van der Waals surface area contributed by atoms with Crippen molar-refractivity contribution < 1.29 is 23.1 Å². The van der Waals surface area contributed by atoms with Gasteiger partial charge >= 0.3 is 6.09 Å². The number of halogens is 2. The first-order valence-electron chi connectivity index (χ1n) is 6.16. The second-order valence-corrected chi connectivity index (χ2v) is 5.84. The molecule has 1 unspecified atom stereocenters. The fourth-order valence-electron chi connectivity index (χ4n) is 1.64. The summed E-state index contributed by atoms with van der Waals surface area (Å²) in [6.07, 6.45) is -1.41. The van der Waals surface area contributed by atoms with Crippen LogP contribution < -0.4 is 10.6 Å². The van der Waals surface area contributed by atoms with Gasteiger partial charge in [0.1, 0.15) is 11.6 Å². The molecule has 19 heavy (non-hydrogen) atoms. The molecular formula is C12H20F2N2O3. The van der Waals surface area contributed by atoms with Crippen LogP contribution in [-0.2, 0) is 9.53 Å². The summed E-state index contributed by atoms with van der Waals surface area (Å²) in [6.45, 7) is 6.57. The molecule has 0 aliphatic heterocycles. The minimum absolute atomic E-state index is 0.349. The van der Waals surface area contributed by atoms with Crippen molar-refractivity contribution in [2.45, 2.75) is 64.1 Å². The normalized spacial score (nSPS) is 20.1. The van der Waals surface area contributed by atoms with E-state index < -0.39 is 35.6 Å². The Labute approximate surface area is 111 Å². The van der Waals surface area contributed by atoms with Crippen molar-refractivity contribution in [1.82, 2.24) is 10.6 Å². The van der Waals surface area contributed by atoms with E-state index in [0.29, 0.717) is 0 Å². The van der Waals surface area contributed by atoms with Gasteiger partial charge in [-0.15, -0.1) is 0 Å². The maximum Gasteiger partial charge on any atom is 0.408 e. The maximum absolute atomic E-state index is 12.6. The molecule has 0 heterocycles. The lowest BCUT2D eigenvalue weighted by molar-refractivity contribution is -0.130. The minimum Gasteiger partial charge on any atom is -0.444 e. The molecule has 0 aromatic heterocycles. The van der Waals surface area contributed by atoms with Crippen LogP contribution in [0.3, 0.4) is 0 Å². The summed E-state index contributed by atoms with van der Waals surface area (Å²) in [6, 6.07) is -1.35. The Hall–Kier alpha value is -1.40. The molecule has 1 rings (SSSR count). The molecule has 5 nitrogen and oxygen atoms in total. The molecule has 0 bridgehead atoms. The van der Waals surface area contributed by atoms with E-state index in [9.17, 15) is 18.4 Å². The molecule has 1 atom stereocenters. The zero-order valence-corrected chi connectivity index (χ0v) is 11.5. The Bertz CT molecular complexity index is 358. The summed E-state index contributed by atoms with van der Waals surface area (Å²) in [7, 11) is 0. The van der Waals surface area contributed by atoms with Gasteiger partial charge in [-0.3, -0.25) is 4.79 Å². The highest BCUT2D eigenvalue weighted by molar-refractivity contribution is 5.85. The van der Waals surface area contributed by atoms with Gasteiger partial charge in [-0.25, -0.2) is 13.6 Å². The van der Waals surface area contributed by atoms with Crippen LogP contribution in [0.4, 0.5) is 13.6 Å². The van der Waals surface area contributed by atoms with Crippen LogP contribution in [-0.4, -0.2) is 35.6 Å². The number of carbonyl (C=O) groups excluding carboxylic acids is 2. The average molecular weight is 278 g/mol. The van der Waals surface area contributed by atoms with E-state index in [1.54, 1.807) is 20.8 Å². The SMILES string of the molecule is CC(NC(=O)OC(C)(C)C)C(=O)NC1CC(F)(F)C1. The summed E-state index contributed by atoms with van der Waals surface area (Å²) in [5.74, 6) is -3.17. The van der Waals surface area contributed by atoms with Gasteiger partial charge in [0.2, 0.25) is 5.91 Å². The fraction of sp³-hybridized carbons (Fsp3) is 0.833. The lowest BCUT2D eigenvalue weighted by Gasteiger charge is -2.35. The van der Waals surface area contributed by atoms with Crippen molar-refractivity contribution >= 4 is 12.0 Å². The molecule has 1 aliphatic carbocycles. The highest BCUT2D eigenvalue weighted by Gasteiger charge is 2.46. The summed E-state index contributed by atoms with van der Waals surface area (Å²) < 4.78 is 30.2. The highest BCUT2D eigenvalue weighted by atomic mass is 19.3. The van der Waals surface area contributed by atoms with Crippen LogP contribution >= 0.6 is 0 Å². The van der Waals surface area contributed by atoms with Gasteiger partial charge in [-0.05, 0) is 27.7 Å². The van der Waals surface area contributed by atoms with E-state index in [4.69, 9.17) is 4.74 Å². The van der Waals surface area contributed by atoms with Crippen LogP contribution in [0.2, 0.25) is 0 Å². The van der Waals surface area contributed by atoms with Gasteiger partial charge < -0.3 is 15.4 Å². The highest BCUT2D eigenvalue weighted by Crippen LogP contribution is 2.37. The number of alkyl halides is 2. The van der Waals surface area contributed by atoms with Gasteiger partial charge in [-0.1, -0.05) is 0 Å². The number of amides is 2. The molecule has 7 heteroatoms. The van der Waals surface area contributed by atoms with E-state index in [-0.39, 0.29) is 12.8 Å². The smallest absolute Gasteiger partial charge is 0.408 e. The zero-order chi connectivity index (χ0) is 14.8. The standard InChI is InChI=1S/C12H20F2N2O3/c1-7(15-10(18)19-11(2,3)4)9(17)16-8-5-12(13,14)6-8/h7-8H,5-6H2,1-4H3,(H,15,18)(H,16,17). The van der Waals surface area contributed by atoms with E-state index in [1.807, 2.05) is 0 Å². The predicted molar refractivity (Wildman–Crippen MR) is 64.9 cm³/mol. The quantitative estimate of drug-likeness (QED) is 0.827. The van der Waals surface area contributed by atoms with Crippen molar-refractivity contribution in [2.75, 3.05) is 0 Å². The number of alkyl carbamates (subject to hydrolysis) is 1. The third-order valence-electron chi connectivity index (χ3n) is 2.56. The number of nitrogens with one attached hydrogen (secondary N) is 2. The summed E-state index contributed by atoms with van der Waals surface area (Å²) >= 11 is 0. The largest absolute Gasteiger partial charge is 0.444 e. The lowest BCUT2D eigenvalue weighted by atomic mass is 9.88. The van der Waals surface area contributed by atoms with Crippen molar-refractivity contribution in [2.24, 2.45) is 0 Å². The second kappa shape index (κ2) is 5.30. The summed E-state index contributed by atoms with van der Waals surface area (Å²) in [5.41, 5.74) is -0.656. The molecule has 2 N–H and O–H groups in total. The van der Waals surface area contributed by atoms with Gasteiger partial charge in [0.05, 0.1) is 0 Å². The van der Waals surface area contributed by atoms with Crippen LogP contribution in [0, 0.1) is 0 Å². The number of rotatable bonds is 3. The Morgan fingerprint density at radius 3 is 2.26 bits per heavy atom. The van der Waals surface area contributed by atoms with Crippen LogP contribution in [0.15, 0.2) is 0 Å². The number of ether oxygens (including phenoxy) is 1. The van der Waals surface area contributed by atoms with E-state index >= 15 is 0 Å². The van der Waals surface area contributed by atoms with Crippen molar-refractivity contribution in [3.8, 4) is 0 Å². The zero-order valence-electron chi connectivity index (χ0n) is 11.5. The molecule has 0 aromatic rings. The van der Waals surface area contributed by atoms with Gasteiger partial charge in [0.25, 0.3) is 5.92 Å². The monoisotopic (exact) mass is 278 g/mol. The molecule has 1 fully saturated rings. The van der Waals surface area contributed by atoms with E-state index in [2.05, 4.69) is 10.6 Å². The van der Waals surface area contributed by atoms with Gasteiger partial charge in [-0.2, -0.15) is 0 Å². The summed E-state index contributed by atoms with van der Waals surface area (Å²) in [5, 5.41) is 4.80. The first kappa shape index (κ1) is 15.7. The lowest BCUT2D eigenvalue weighted by Crippen LogP contribution is -2.55. The van der Waals surface area contributed by atoms with Crippen LogP contribution in [0.1, 0.15) is 40.5 Å². The molecule has 0 radical (unpaired) electrons. The minimum atomic E-state index is -2.68. The first-order chi connectivity index (χ1) is 8.48. The molecule has 0 saturated heterocycles. The Morgan fingerprint density at radius 2 is 1.84 bits per heavy atom. The number of hydrogen-bond donors (Lipinski definition) is 2. The van der Waals surface area contributed by atoms with Crippen LogP contribution in [0.25, 0.3) is 0 Å². The third kappa shape index (κ3) is 5.40. The van der Waals surface area contributed by atoms with Gasteiger partial charge in [0, 0.05) is 18.9 Å². The topological polar surface area (TPSA) is 67.4 Å². The molecule has 1 saturated carbocycles. The van der Waals surface area contributed by atoms with Crippen molar-refractivity contribution in [1.29, 1.82) is 0 Å². The second-order valence-electron chi connectivity index (χ2n) is 5.84. The molecule has 110 valence electrons. The molecule has 0 aromatic carbocycles. The number of carbonyl (C=O) groups is 2. The molecule has 2 amide bonds. The first-order valence-corrected chi connectivity index (χ1v) is 6.16. The summed E-state index contributed by atoms with van der Waals surface area (Å²) in [4.78, 5) is 23.0. The molecular weight excluding hydrogens is 258 g/mol. The number of hydrogen-bond acceptors (Lipinski definition) is 3. The molecule has 0 spiro atoms.